The van der Waals surface area contributed by atoms with E-state index in [-0.39, 0.29) is 11.9 Å². The van der Waals surface area contributed by atoms with Crippen LogP contribution in [0, 0.1) is 0 Å². The lowest BCUT2D eigenvalue weighted by atomic mass is 9.94. The third kappa shape index (κ3) is 4.71. The van der Waals surface area contributed by atoms with E-state index in [1.807, 2.05) is 59.5 Å². The molecular formula is C24H25NO3S2. The molecule has 30 heavy (non-hydrogen) atoms. The fourth-order valence-electron chi connectivity index (χ4n) is 3.91. The van der Waals surface area contributed by atoms with Crippen molar-refractivity contribution in [2.24, 2.45) is 0 Å². The summed E-state index contributed by atoms with van der Waals surface area (Å²) in [5, 5.41) is 0. The molecule has 2 aromatic rings. The van der Waals surface area contributed by atoms with Gasteiger partial charge in [0.05, 0.1) is 12.0 Å². The maximum Gasteiger partial charge on any atom is 0.266 e. The lowest BCUT2D eigenvalue weighted by molar-refractivity contribution is -0.124. The number of carbonyl (C=O) groups excluding carboxylic acids is 1. The van der Waals surface area contributed by atoms with Crippen molar-refractivity contribution in [2.75, 3.05) is 7.11 Å². The second-order valence-electron chi connectivity index (χ2n) is 7.53. The molecule has 1 heterocycles. The molecule has 0 aromatic heterocycles. The summed E-state index contributed by atoms with van der Waals surface area (Å²) in [6.07, 6.45) is 7.57. The van der Waals surface area contributed by atoms with Gasteiger partial charge in [0, 0.05) is 6.04 Å². The third-order valence-electron chi connectivity index (χ3n) is 5.49. The van der Waals surface area contributed by atoms with Crippen LogP contribution in [0.1, 0.15) is 43.2 Å². The van der Waals surface area contributed by atoms with Crippen molar-refractivity contribution in [3.63, 3.8) is 0 Å². The van der Waals surface area contributed by atoms with Crippen LogP contribution < -0.4 is 9.47 Å². The van der Waals surface area contributed by atoms with Crippen molar-refractivity contribution in [1.82, 2.24) is 4.90 Å². The van der Waals surface area contributed by atoms with E-state index in [0.717, 1.165) is 24.0 Å². The van der Waals surface area contributed by atoms with Gasteiger partial charge in [0.15, 0.2) is 11.5 Å². The van der Waals surface area contributed by atoms with Crippen molar-refractivity contribution < 1.29 is 14.3 Å². The minimum atomic E-state index is 0.0280. The van der Waals surface area contributed by atoms with Crippen molar-refractivity contribution in [3.8, 4) is 11.5 Å². The van der Waals surface area contributed by atoms with E-state index >= 15 is 0 Å². The summed E-state index contributed by atoms with van der Waals surface area (Å²) in [7, 11) is 1.62. The lowest BCUT2D eigenvalue weighted by Crippen LogP contribution is -2.39. The Morgan fingerprint density at radius 3 is 2.60 bits per heavy atom. The van der Waals surface area contributed by atoms with Gasteiger partial charge in [-0.2, -0.15) is 0 Å². The van der Waals surface area contributed by atoms with Crippen LogP contribution in [0.4, 0.5) is 0 Å². The zero-order chi connectivity index (χ0) is 20.9. The molecule has 0 spiro atoms. The topological polar surface area (TPSA) is 38.8 Å². The number of nitrogens with zero attached hydrogens (tertiary/aromatic N) is 1. The fourth-order valence-corrected chi connectivity index (χ4v) is 5.31. The Balaban J connectivity index is 1.49. The second kappa shape index (κ2) is 9.67. The van der Waals surface area contributed by atoms with Gasteiger partial charge in [-0.1, -0.05) is 79.6 Å². The Hall–Kier alpha value is -2.31. The minimum Gasteiger partial charge on any atom is -0.493 e. The van der Waals surface area contributed by atoms with Gasteiger partial charge in [0.25, 0.3) is 5.91 Å². The monoisotopic (exact) mass is 439 g/mol. The molecule has 1 saturated heterocycles. The molecule has 156 valence electrons. The Bertz CT molecular complexity index is 952. The standard InChI is InChI=1S/C24H25NO3S2/c1-27-21-14-18(12-13-20(21)28-16-17-8-4-2-5-9-17)15-22-23(26)25(24(29)30-22)19-10-6-3-7-11-19/h2,4-5,8-9,12-15,19H,3,6-7,10-11,16H2,1H3/b22-15-. The Morgan fingerprint density at radius 2 is 1.87 bits per heavy atom. The van der Waals surface area contributed by atoms with Crippen LogP contribution in [0.15, 0.2) is 53.4 Å². The highest BCUT2D eigenvalue weighted by Crippen LogP contribution is 2.38. The highest BCUT2D eigenvalue weighted by atomic mass is 32.2. The number of thioether (sulfide) groups is 1. The van der Waals surface area contributed by atoms with Crippen LogP contribution in [0.5, 0.6) is 11.5 Å². The highest BCUT2D eigenvalue weighted by molar-refractivity contribution is 8.26. The van der Waals surface area contributed by atoms with Crippen molar-refractivity contribution >= 4 is 40.3 Å². The predicted octanol–water partition coefficient (Wildman–Crippen LogP) is 5.81. The van der Waals surface area contributed by atoms with Gasteiger partial charge in [-0.3, -0.25) is 9.69 Å². The van der Waals surface area contributed by atoms with Crippen LogP contribution >= 0.6 is 24.0 Å². The Morgan fingerprint density at radius 1 is 1.10 bits per heavy atom. The van der Waals surface area contributed by atoms with E-state index in [0.29, 0.717) is 27.3 Å². The first-order chi connectivity index (χ1) is 14.7. The van der Waals surface area contributed by atoms with Gasteiger partial charge < -0.3 is 9.47 Å². The van der Waals surface area contributed by atoms with E-state index < -0.39 is 0 Å². The molecule has 0 bridgehead atoms. The molecule has 1 aliphatic heterocycles. The summed E-state index contributed by atoms with van der Waals surface area (Å²) in [6, 6.07) is 16.0. The van der Waals surface area contributed by atoms with Gasteiger partial charge in [0.2, 0.25) is 0 Å². The largest absolute Gasteiger partial charge is 0.493 e. The number of amides is 1. The summed E-state index contributed by atoms with van der Waals surface area (Å²) in [6.45, 7) is 0.469. The molecule has 1 aliphatic carbocycles. The van der Waals surface area contributed by atoms with Crippen LogP contribution in [0.3, 0.4) is 0 Å². The molecule has 2 fully saturated rings. The van der Waals surface area contributed by atoms with Crippen molar-refractivity contribution in [2.45, 2.75) is 44.8 Å². The number of methoxy groups -OCH3 is 1. The molecule has 4 nitrogen and oxygen atoms in total. The van der Waals surface area contributed by atoms with Gasteiger partial charge in [-0.05, 0) is 42.2 Å². The SMILES string of the molecule is COc1cc(/C=C2\SC(=S)N(C3CCCCC3)C2=O)ccc1OCc1ccccc1. The molecular weight excluding hydrogens is 414 g/mol. The summed E-state index contributed by atoms with van der Waals surface area (Å²) < 4.78 is 12.1. The number of carbonyl (C=O) groups is 1. The first-order valence-electron chi connectivity index (χ1n) is 10.3. The van der Waals surface area contributed by atoms with E-state index in [1.165, 1.54) is 31.0 Å². The van der Waals surface area contributed by atoms with E-state index in [1.54, 1.807) is 7.11 Å². The molecule has 0 atom stereocenters. The molecule has 0 radical (unpaired) electrons. The zero-order valence-corrected chi connectivity index (χ0v) is 18.6. The van der Waals surface area contributed by atoms with E-state index in [2.05, 4.69) is 0 Å². The molecule has 1 saturated carbocycles. The molecule has 2 aromatic carbocycles. The number of benzene rings is 2. The van der Waals surface area contributed by atoms with Crippen LogP contribution in [-0.4, -0.2) is 28.3 Å². The summed E-state index contributed by atoms with van der Waals surface area (Å²) >= 11 is 6.92. The number of rotatable bonds is 6. The number of ether oxygens (including phenoxy) is 2. The van der Waals surface area contributed by atoms with E-state index in [9.17, 15) is 4.79 Å². The highest BCUT2D eigenvalue weighted by Gasteiger charge is 2.37. The Kier molecular flexibility index (Phi) is 6.75. The molecule has 1 amide bonds. The number of hydrogen-bond acceptors (Lipinski definition) is 5. The molecule has 4 rings (SSSR count). The normalized spacial score (nSPS) is 18.8. The first kappa shape index (κ1) is 20.9. The van der Waals surface area contributed by atoms with Gasteiger partial charge in [0.1, 0.15) is 10.9 Å². The van der Waals surface area contributed by atoms with Crippen molar-refractivity contribution in [1.29, 1.82) is 0 Å². The van der Waals surface area contributed by atoms with Crippen molar-refractivity contribution in [3.05, 3.63) is 64.6 Å². The summed E-state index contributed by atoms with van der Waals surface area (Å²) in [5.74, 6) is 1.34. The maximum atomic E-state index is 13.0. The quantitative estimate of drug-likeness (QED) is 0.420. The fraction of sp³-hybridized carbons (Fsp3) is 0.333. The summed E-state index contributed by atoms with van der Waals surface area (Å²) in [5.41, 5.74) is 1.98. The molecule has 6 heteroatoms. The average molecular weight is 440 g/mol. The lowest BCUT2D eigenvalue weighted by Gasteiger charge is -2.29. The zero-order valence-electron chi connectivity index (χ0n) is 17.0. The van der Waals surface area contributed by atoms with Gasteiger partial charge in [-0.25, -0.2) is 0 Å². The molecule has 0 unspecified atom stereocenters. The smallest absolute Gasteiger partial charge is 0.266 e. The van der Waals surface area contributed by atoms with Gasteiger partial charge >= 0.3 is 0 Å². The molecule has 2 aliphatic rings. The average Bonchev–Trinajstić information content (AvgIpc) is 3.06. The maximum absolute atomic E-state index is 13.0. The first-order valence-corrected chi connectivity index (χ1v) is 11.5. The third-order valence-corrected chi connectivity index (χ3v) is 6.82. The van der Waals surface area contributed by atoms with E-state index in [4.69, 9.17) is 21.7 Å². The number of thiocarbonyl (C=S) groups is 1. The molecule has 0 N–H and O–H groups in total. The minimum absolute atomic E-state index is 0.0280. The van der Waals surface area contributed by atoms with Crippen LogP contribution in [0.2, 0.25) is 0 Å². The van der Waals surface area contributed by atoms with Gasteiger partial charge in [-0.15, -0.1) is 0 Å². The van der Waals surface area contributed by atoms with Crippen LogP contribution in [-0.2, 0) is 11.4 Å². The van der Waals surface area contributed by atoms with Crippen LogP contribution in [0.25, 0.3) is 6.08 Å². The number of hydrogen-bond donors (Lipinski definition) is 0. The predicted molar refractivity (Wildman–Crippen MR) is 126 cm³/mol. The second-order valence-corrected chi connectivity index (χ2v) is 9.20. The Labute approximate surface area is 187 Å². The summed E-state index contributed by atoms with van der Waals surface area (Å²) in [4.78, 5) is 15.5.